The minimum Gasteiger partial charge on any atom is -0.370 e. The lowest BCUT2D eigenvalue weighted by atomic mass is 10.0. The molecule has 3 N–H and O–H groups in total. The van der Waals surface area contributed by atoms with E-state index in [0.717, 1.165) is 17.8 Å². The van der Waals surface area contributed by atoms with Crippen LogP contribution in [-0.4, -0.2) is 12.5 Å². The highest BCUT2D eigenvalue weighted by molar-refractivity contribution is 5.92. The predicted octanol–water partition coefficient (Wildman–Crippen LogP) is 4.06. The minimum absolute atomic E-state index is 0.253. The molecule has 0 saturated carbocycles. The molecule has 0 radical (unpaired) electrons. The number of guanidine groups is 1. The first-order chi connectivity index (χ1) is 11.0. The van der Waals surface area contributed by atoms with Crippen molar-refractivity contribution >= 4 is 11.6 Å². The summed E-state index contributed by atoms with van der Waals surface area (Å²) in [5.74, 6) is -0.215. The van der Waals surface area contributed by atoms with Crippen molar-refractivity contribution in [3.05, 3.63) is 65.2 Å². The molecule has 2 aromatic carbocycles. The van der Waals surface area contributed by atoms with Crippen molar-refractivity contribution in [3.8, 4) is 0 Å². The molecular formula is C18H21F2N3. The first-order valence-electron chi connectivity index (χ1n) is 7.56. The summed E-state index contributed by atoms with van der Waals surface area (Å²) in [4.78, 5) is 4.15. The second-order valence-electron chi connectivity index (χ2n) is 5.66. The molecule has 0 fully saturated rings. The Morgan fingerprint density at radius 3 is 2.70 bits per heavy atom. The van der Waals surface area contributed by atoms with Crippen molar-refractivity contribution in [2.75, 3.05) is 11.9 Å². The van der Waals surface area contributed by atoms with Crippen molar-refractivity contribution in [2.45, 2.75) is 26.2 Å². The fraction of sp³-hybridized carbons (Fsp3) is 0.278. The molecule has 0 heterocycles. The average molecular weight is 317 g/mol. The van der Waals surface area contributed by atoms with E-state index in [-0.39, 0.29) is 18.9 Å². The summed E-state index contributed by atoms with van der Waals surface area (Å²) >= 11 is 0. The number of aliphatic imine (C=N–C) groups is 1. The van der Waals surface area contributed by atoms with Crippen LogP contribution in [0.2, 0.25) is 0 Å². The third kappa shape index (κ3) is 5.06. The van der Waals surface area contributed by atoms with Gasteiger partial charge in [-0.3, -0.25) is 4.99 Å². The van der Waals surface area contributed by atoms with Crippen LogP contribution < -0.4 is 11.1 Å². The second kappa shape index (κ2) is 7.72. The van der Waals surface area contributed by atoms with E-state index in [4.69, 9.17) is 5.73 Å². The number of nitrogens with zero attached hydrogens (tertiary/aromatic N) is 1. The third-order valence-electron chi connectivity index (χ3n) is 3.50. The lowest BCUT2D eigenvalue weighted by molar-refractivity contribution is 0.585. The molecule has 0 aliphatic carbocycles. The van der Waals surface area contributed by atoms with Gasteiger partial charge in [0.25, 0.3) is 0 Å². The van der Waals surface area contributed by atoms with Gasteiger partial charge in [-0.25, -0.2) is 8.78 Å². The van der Waals surface area contributed by atoms with Gasteiger partial charge in [-0.2, -0.15) is 0 Å². The number of nitrogens with two attached hydrogens (primary N) is 1. The van der Waals surface area contributed by atoms with Crippen molar-refractivity contribution in [1.29, 1.82) is 0 Å². The summed E-state index contributed by atoms with van der Waals surface area (Å²) < 4.78 is 26.6. The second-order valence-corrected chi connectivity index (χ2v) is 5.66. The number of benzene rings is 2. The van der Waals surface area contributed by atoms with E-state index in [1.54, 1.807) is 0 Å². The monoisotopic (exact) mass is 317 g/mol. The zero-order valence-corrected chi connectivity index (χ0v) is 13.3. The van der Waals surface area contributed by atoms with E-state index in [9.17, 15) is 8.78 Å². The fourth-order valence-electron chi connectivity index (χ4n) is 2.19. The zero-order valence-electron chi connectivity index (χ0n) is 13.3. The fourth-order valence-corrected chi connectivity index (χ4v) is 2.19. The molecule has 0 aliphatic rings. The van der Waals surface area contributed by atoms with Gasteiger partial charge in [0.1, 0.15) is 11.6 Å². The van der Waals surface area contributed by atoms with Crippen LogP contribution in [0.1, 0.15) is 30.9 Å². The molecule has 2 rings (SSSR count). The SMILES string of the molecule is CC(C)c1cccc(NC(N)=NCCc2cc(F)ccc2F)c1. The van der Waals surface area contributed by atoms with Gasteiger partial charge < -0.3 is 11.1 Å². The van der Waals surface area contributed by atoms with Crippen molar-refractivity contribution < 1.29 is 8.78 Å². The maximum atomic E-state index is 13.5. The third-order valence-corrected chi connectivity index (χ3v) is 3.50. The molecule has 0 saturated heterocycles. The summed E-state index contributed by atoms with van der Waals surface area (Å²) in [5.41, 5.74) is 8.18. The van der Waals surface area contributed by atoms with Crippen LogP contribution in [-0.2, 0) is 6.42 Å². The number of nitrogens with one attached hydrogen (secondary N) is 1. The molecular weight excluding hydrogens is 296 g/mol. The number of halogens is 2. The van der Waals surface area contributed by atoms with E-state index in [0.29, 0.717) is 11.5 Å². The van der Waals surface area contributed by atoms with E-state index < -0.39 is 11.6 Å². The van der Waals surface area contributed by atoms with Crippen molar-refractivity contribution in [2.24, 2.45) is 10.7 Å². The average Bonchev–Trinajstić information content (AvgIpc) is 2.51. The maximum Gasteiger partial charge on any atom is 0.193 e. The highest BCUT2D eigenvalue weighted by Crippen LogP contribution is 2.18. The highest BCUT2D eigenvalue weighted by atomic mass is 19.1. The molecule has 23 heavy (non-hydrogen) atoms. The molecule has 0 aliphatic heterocycles. The van der Waals surface area contributed by atoms with Gasteiger partial charge in [0.15, 0.2) is 5.96 Å². The minimum atomic E-state index is -0.457. The Morgan fingerprint density at radius 2 is 1.96 bits per heavy atom. The van der Waals surface area contributed by atoms with Gasteiger partial charge in [0, 0.05) is 12.2 Å². The molecule has 0 aromatic heterocycles. The highest BCUT2D eigenvalue weighted by Gasteiger charge is 2.04. The smallest absolute Gasteiger partial charge is 0.193 e. The predicted molar refractivity (Wildman–Crippen MR) is 90.7 cm³/mol. The first-order valence-corrected chi connectivity index (χ1v) is 7.56. The quantitative estimate of drug-likeness (QED) is 0.645. The molecule has 0 bridgehead atoms. The van der Waals surface area contributed by atoms with Crippen LogP contribution in [0.15, 0.2) is 47.5 Å². The Hall–Kier alpha value is -2.43. The topological polar surface area (TPSA) is 50.4 Å². The number of hydrogen-bond acceptors (Lipinski definition) is 1. The van der Waals surface area contributed by atoms with Crippen LogP contribution in [0.4, 0.5) is 14.5 Å². The van der Waals surface area contributed by atoms with Crippen LogP contribution in [0.3, 0.4) is 0 Å². The van der Waals surface area contributed by atoms with Crippen LogP contribution in [0, 0.1) is 11.6 Å². The zero-order chi connectivity index (χ0) is 16.8. The Labute approximate surface area is 135 Å². The van der Waals surface area contributed by atoms with Crippen LogP contribution in [0.25, 0.3) is 0 Å². The van der Waals surface area contributed by atoms with E-state index in [1.807, 2.05) is 18.2 Å². The maximum absolute atomic E-state index is 13.5. The normalized spacial score (nSPS) is 11.8. The van der Waals surface area contributed by atoms with E-state index >= 15 is 0 Å². The van der Waals surface area contributed by atoms with Gasteiger partial charge in [-0.1, -0.05) is 26.0 Å². The molecule has 5 heteroatoms. The number of hydrogen-bond donors (Lipinski definition) is 2. The van der Waals surface area contributed by atoms with Crippen LogP contribution >= 0.6 is 0 Å². The lowest BCUT2D eigenvalue weighted by Crippen LogP contribution is -2.23. The number of rotatable bonds is 5. The van der Waals surface area contributed by atoms with Crippen molar-refractivity contribution in [1.82, 2.24) is 0 Å². The molecule has 0 atom stereocenters. The van der Waals surface area contributed by atoms with Gasteiger partial charge in [0.2, 0.25) is 0 Å². The Balaban J connectivity index is 1.95. The van der Waals surface area contributed by atoms with Gasteiger partial charge >= 0.3 is 0 Å². The Bertz CT molecular complexity index is 696. The molecule has 122 valence electrons. The first kappa shape index (κ1) is 16.9. The Morgan fingerprint density at radius 1 is 1.17 bits per heavy atom. The summed E-state index contributed by atoms with van der Waals surface area (Å²) in [6.45, 7) is 4.51. The van der Waals surface area contributed by atoms with Crippen molar-refractivity contribution in [3.63, 3.8) is 0 Å². The molecule has 2 aromatic rings. The Kier molecular flexibility index (Phi) is 5.68. The molecule has 0 spiro atoms. The largest absolute Gasteiger partial charge is 0.370 e. The molecule has 0 unspecified atom stereocenters. The van der Waals surface area contributed by atoms with E-state index in [2.05, 4.69) is 30.2 Å². The standard InChI is InChI=1S/C18H21F2N3/c1-12(2)13-4-3-5-16(11-13)23-18(21)22-9-8-14-10-15(19)6-7-17(14)20/h3-7,10-12H,8-9H2,1-2H3,(H3,21,22,23). The van der Waals surface area contributed by atoms with Gasteiger partial charge in [-0.15, -0.1) is 0 Å². The van der Waals surface area contributed by atoms with Crippen LogP contribution in [0.5, 0.6) is 0 Å². The summed E-state index contributed by atoms with van der Waals surface area (Å²) in [6.07, 6.45) is 0.290. The molecule has 3 nitrogen and oxygen atoms in total. The van der Waals surface area contributed by atoms with Gasteiger partial charge in [-0.05, 0) is 53.8 Å². The summed E-state index contributed by atoms with van der Waals surface area (Å²) in [7, 11) is 0. The molecule has 0 amide bonds. The summed E-state index contributed by atoms with van der Waals surface area (Å²) in [5, 5.41) is 3.01. The summed E-state index contributed by atoms with van der Waals surface area (Å²) in [6, 6.07) is 11.3. The number of anilines is 1. The van der Waals surface area contributed by atoms with E-state index in [1.165, 1.54) is 11.6 Å². The van der Waals surface area contributed by atoms with Gasteiger partial charge in [0.05, 0.1) is 0 Å². The lowest BCUT2D eigenvalue weighted by Gasteiger charge is -2.10.